The molecule has 0 saturated heterocycles. The second kappa shape index (κ2) is 7.75. The molecule has 0 aliphatic carbocycles. The van der Waals surface area contributed by atoms with Crippen molar-refractivity contribution in [2.24, 2.45) is 0 Å². The van der Waals surface area contributed by atoms with Gasteiger partial charge >= 0.3 is 0 Å². The van der Waals surface area contributed by atoms with Crippen molar-refractivity contribution >= 4 is 28.4 Å². The Labute approximate surface area is 173 Å². The molecule has 148 valence electrons. The van der Waals surface area contributed by atoms with E-state index in [1.807, 2.05) is 55.7 Å². The van der Waals surface area contributed by atoms with Crippen molar-refractivity contribution in [1.29, 1.82) is 0 Å². The average Bonchev–Trinajstić information content (AvgIpc) is 3.38. The number of Topliss-reactive ketones (excluding diaryl/α,β-unsaturated/α-hetero) is 1. The van der Waals surface area contributed by atoms with Crippen molar-refractivity contribution in [2.75, 3.05) is 0 Å². The maximum Gasteiger partial charge on any atom is 0.201 e. The van der Waals surface area contributed by atoms with Crippen LogP contribution < -0.4 is 0 Å². The van der Waals surface area contributed by atoms with Crippen molar-refractivity contribution in [3.63, 3.8) is 0 Å². The predicted octanol–water partition coefficient (Wildman–Crippen LogP) is 5.19. The summed E-state index contributed by atoms with van der Waals surface area (Å²) in [5.41, 5.74) is 3.56. The molecule has 29 heavy (non-hydrogen) atoms. The lowest BCUT2D eigenvalue weighted by Gasteiger charge is -2.12. The number of aryl methyl sites for hydroxylation is 2. The topological polar surface area (TPSA) is 76.7 Å². The van der Waals surface area contributed by atoms with Crippen LogP contribution in [0.25, 0.3) is 22.5 Å². The molecule has 0 bridgehead atoms. The molecule has 0 amide bonds. The van der Waals surface area contributed by atoms with Gasteiger partial charge in [0.15, 0.2) is 16.7 Å². The van der Waals surface area contributed by atoms with Gasteiger partial charge in [0.05, 0.1) is 11.5 Å². The normalized spacial score (nSPS) is 12.4. The third kappa shape index (κ3) is 3.42. The summed E-state index contributed by atoms with van der Waals surface area (Å²) in [7, 11) is 0. The number of allylic oxidation sites excluding steroid dienone is 1. The Bertz CT molecular complexity index is 1200. The number of fused-ring (bicyclic) bond motifs is 1. The molecule has 0 spiro atoms. The van der Waals surface area contributed by atoms with E-state index in [1.54, 1.807) is 12.3 Å². The van der Waals surface area contributed by atoms with E-state index >= 15 is 0 Å². The number of nitrogens with zero attached hydrogens (tertiary/aromatic N) is 3. The van der Waals surface area contributed by atoms with Crippen LogP contribution >= 0.6 is 11.8 Å². The summed E-state index contributed by atoms with van der Waals surface area (Å²) in [5.74, 6) is 1.38. The van der Waals surface area contributed by atoms with Gasteiger partial charge in [0, 0.05) is 28.7 Å². The average molecular weight is 407 g/mol. The first-order valence-electron chi connectivity index (χ1n) is 9.38. The number of benzene rings is 1. The fourth-order valence-electron chi connectivity index (χ4n) is 3.45. The van der Waals surface area contributed by atoms with Crippen molar-refractivity contribution in [1.82, 2.24) is 19.7 Å². The largest absolute Gasteiger partial charge is 0.461 e. The molecule has 1 N–H and O–H groups in total. The predicted molar refractivity (Wildman–Crippen MR) is 115 cm³/mol. The zero-order valence-corrected chi connectivity index (χ0v) is 17.4. The Hall–Kier alpha value is -3.06. The molecule has 0 saturated carbocycles. The van der Waals surface area contributed by atoms with Crippen molar-refractivity contribution in [3.05, 3.63) is 66.1 Å². The van der Waals surface area contributed by atoms with Crippen LogP contribution in [0.2, 0.25) is 0 Å². The number of carbonyl (C=O) groups is 1. The first kappa shape index (κ1) is 19.3. The molecule has 1 aromatic carbocycles. The minimum absolute atomic E-state index is 0.0637. The number of carbonyl (C=O) groups excluding carboxylic acids is 1. The lowest BCUT2D eigenvalue weighted by molar-refractivity contribution is 0.0995. The third-order valence-corrected chi connectivity index (χ3v) is 5.97. The van der Waals surface area contributed by atoms with Crippen molar-refractivity contribution in [2.45, 2.75) is 37.7 Å². The van der Waals surface area contributed by atoms with E-state index < -0.39 is 0 Å². The van der Waals surface area contributed by atoms with E-state index in [2.05, 4.69) is 21.8 Å². The monoisotopic (exact) mass is 406 g/mol. The van der Waals surface area contributed by atoms with Gasteiger partial charge in [-0.15, -0.1) is 16.8 Å². The second-order valence-corrected chi connectivity index (χ2v) is 8.24. The maximum atomic E-state index is 13.3. The fraction of sp³-hybridized carbons (Fsp3) is 0.227. The van der Waals surface area contributed by atoms with Crippen molar-refractivity contribution < 1.29 is 9.21 Å². The molecular weight excluding hydrogens is 384 g/mol. The van der Waals surface area contributed by atoms with Crippen LogP contribution in [0.4, 0.5) is 0 Å². The Balaban J connectivity index is 1.66. The van der Waals surface area contributed by atoms with Crippen LogP contribution in [0.15, 0.2) is 58.8 Å². The molecule has 6 nitrogen and oxygen atoms in total. The Morgan fingerprint density at radius 2 is 2.10 bits per heavy atom. The van der Waals surface area contributed by atoms with Gasteiger partial charge in [-0.1, -0.05) is 36.0 Å². The molecular formula is C22H22N4O2S. The van der Waals surface area contributed by atoms with Gasteiger partial charge in [-0.25, -0.2) is 0 Å². The van der Waals surface area contributed by atoms with Gasteiger partial charge < -0.3 is 9.40 Å². The number of furan rings is 1. The van der Waals surface area contributed by atoms with Crippen LogP contribution in [-0.2, 0) is 6.54 Å². The van der Waals surface area contributed by atoms with E-state index in [9.17, 15) is 4.79 Å². The molecule has 1 atom stereocenters. The van der Waals surface area contributed by atoms with Gasteiger partial charge in [-0.3, -0.25) is 9.36 Å². The van der Waals surface area contributed by atoms with Crippen LogP contribution in [0, 0.1) is 13.8 Å². The molecule has 0 fully saturated rings. The molecule has 4 aromatic rings. The zero-order valence-electron chi connectivity index (χ0n) is 16.6. The van der Waals surface area contributed by atoms with E-state index in [-0.39, 0.29) is 11.0 Å². The number of ketones is 1. The van der Waals surface area contributed by atoms with Gasteiger partial charge in [-0.2, -0.15) is 0 Å². The Morgan fingerprint density at radius 3 is 2.83 bits per heavy atom. The number of nitrogens with one attached hydrogen (secondary N) is 1. The number of thioether (sulfide) groups is 1. The van der Waals surface area contributed by atoms with Crippen molar-refractivity contribution in [3.8, 4) is 11.6 Å². The number of aromatic amines is 1. The first-order valence-corrected chi connectivity index (χ1v) is 10.3. The van der Waals surface area contributed by atoms with Crippen LogP contribution in [0.3, 0.4) is 0 Å². The molecule has 3 heterocycles. The van der Waals surface area contributed by atoms with Gasteiger partial charge in [0.1, 0.15) is 0 Å². The molecule has 0 aliphatic rings. The fourth-order valence-corrected chi connectivity index (χ4v) is 4.37. The lowest BCUT2D eigenvalue weighted by Crippen LogP contribution is -2.15. The van der Waals surface area contributed by atoms with E-state index in [0.29, 0.717) is 23.3 Å². The smallest absolute Gasteiger partial charge is 0.201 e. The highest BCUT2D eigenvalue weighted by Gasteiger charge is 2.25. The minimum Gasteiger partial charge on any atom is -0.461 e. The summed E-state index contributed by atoms with van der Waals surface area (Å²) >= 11 is 1.39. The molecule has 0 radical (unpaired) electrons. The van der Waals surface area contributed by atoms with Gasteiger partial charge in [0.25, 0.3) is 0 Å². The number of hydrogen-bond donors (Lipinski definition) is 1. The highest BCUT2D eigenvalue weighted by atomic mass is 32.2. The summed E-state index contributed by atoms with van der Waals surface area (Å²) in [6.07, 6.45) is 3.42. The summed E-state index contributed by atoms with van der Waals surface area (Å²) in [5, 5.41) is 9.92. The first-order chi connectivity index (χ1) is 14.0. The van der Waals surface area contributed by atoms with E-state index in [4.69, 9.17) is 4.42 Å². The molecule has 0 aliphatic heterocycles. The van der Waals surface area contributed by atoms with Gasteiger partial charge in [0.2, 0.25) is 5.82 Å². The molecule has 3 aromatic heterocycles. The summed E-state index contributed by atoms with van der Waals surface area (Å²) in [4.78, 5) is 16.6. The Kier molecular flexibility index (Phi) is 5.15. The highest BCUT2D eigenvalue weighted by molar-refractivity contribution is 8.00. The van der Waals surface area contributed by atoms with Crippen LogP contribution in [0.1, 0.15) is 28.5 Å². The van der Waals surface area contributed by atoms with E-state index in [0.717, 1.165) is 27.7 Å². The van der Waals surface area contributed by atoms with Crippen LogP contribution in [0.5, 0.6) is 0 Å². The number of rotatable bonds is 7. The third-order valence-electron chi connectivity index (χ3n) is 4.89. The second-order valence-electron chi connectivity index (χ2n) is 6.93. The summed E-state index contributed by atoms with van der Waals surface area (Å²) in [6.45, 7) is 10.2. The standard InChI is InChI=1S/C22H22N4O2S/c1-5-11-26-21(20-13(2)10-12-28-20)24-25-22(26)29-15(4)19(27)18-14(3)23-17-9-7-6-8-16(17)18/h5-10,12,15,23H,1,11H2,2-4H3/t15-/m0/s1. The summed E-state index contributed by atoms with van der Waals surface area (Å²) < 4.78 is 7.51. The summed E-state index contributed by atoms with van der Waals surface area (Å²) in [6, 6.07) is 9.75. The number of para-hydroxylation sites is 1. The SMILES string of the molecule is C=CCn1c(S[C@@H](C)C(=O)c2c(C)[nH]c3ccccc23)nnc1-c1occc1C. The minimum atomic E-state index is -0.328. The highest BCUT2D eigenvalue weighted by Crippen LogP contribution is 2.32. The zero-order chi connectivity index (χ0) is 20.5. The van der Waals surface area contributed by atoms with Gasteiger partial charge in [-0.05, 0) is 38.5 Å². The molecule has 0 unspecified atom stereocenters. The quantitative estimate of drug-likeness (QED) is 0.260. The number of aromatic nitrogens is 4. The maximum absolute atomic E-state index is 13.3. The number of H-pyrrole nitrogens is 1. The molecule has 7 heteroatoms. The number of hydrogen-bond acceptors (Lipinski definition) is 5. The van der Waals surface area contributed by atoms with Crippen LogP contribution in [-0.4, -0.2) is 30.8 Å². The Morgan fingerprint density at radius 1 is 1.31 bits per heavy atom. The van der Waals surface area contributed by atoms with E-state index in [1.165, 1.54) is 11.8 Å². The lowest BCUT2D eigenvalue weighted by atomic mass is 10.1. The molecule has 4 rings (SSSR count).